The minimum atomic E-state index is -0.115. The number of fused-ring (bicyclic) bond motifs is 20. The van der Waals surface area contributed by atoms with Gasteiger partial charge < -0.3 is 9.13 Å². The fourth-order valence-corrected chi connectivity index (χ4v) is 20.9. The van der Waals surface area contributed by atoms with E-state index in [9.17, 15) is 0 Å². The average Bonchev–Trinajstić information content (AvgIpc) is 1.54. The van der Waals surface area contributed by atoms with E-state index in [1.54, 1.807) is 0 Å². The fourth-order valence-electron chi connectivity index (χ4n) is 20.9. The van der Waals surface area contributed by atoms with Crippen LogP contribution in [0.15, 0.2) is 413 Å². The van der Waals surface area contributed by atoms with Gasteiger partial charge in [0.1, 0.15) is 0 Å². The molecule has 118 heavy (non-hydrogen) atoms. The minimum Gasteiger partial charge on any atom is -0.309 e. The van der Waals surface area contributed by atoms with Crippen LogP contribution in [-0.4, -0.2) is 9.13 Å². The first-order valence-electron chi connectivity index (χ1n) is 41.6. The summed E-state index contributed by atoms with van der Waals surface area (Å²) in [5.74, 6) is 0.346. The van der Waals surface area contributed by atoms with E-state index in [4.69, 9.17) is 0 Å². The van der Waals surface area contributed by atoms with Crippen LogP contribution in [0.5, 0.6) is 0 Å². The van der Waals surface area contributed by atoms with Crippen molar-refractivity contribution in [2.45, 2.75) is 50.4 Å². The van der Waals surface area contributed by atoms with Crippen LogP contribution in [0, 0.1) is 0 Å². The lowest BCUT2D eigenvalue weighted by Gasteiger charge is -2.27. The van der Waals surface area contributed by atoms with Crippen LogP contribution in [0.1, 0.15) is 95.2 Å². The van der Waals surface area contributed by atoms with Crippen LogP contribution in [0.25, 0.3) is 166 Å². The summed E-state index contributed by atoms with van der Waals surface area (Å²) in [5, 5.41) is 5.04. The molecule has 0 saturated carbocycles. The summed E-state index contributed by atoms with van der Waals surface area (Å²) in [6.07, 6.45) is 0. The van der Waals surface area contributed by atoms with Crippen LogP contribution in [0.2, 0.25) is 0 Å². The van der Waals surface area contributed by atoms with Crippen LogP contribution < -0.4 is 0 Å². The highest BCUT2D eigenvalue weighted by Gasteiger charge is 2.44. The number of rotatable bonds is 10. The second-order valence-corrected chi connectivity index (χ2v) is 33.7. The van der Waals surface area contributed by atoms with Crippen molar-refractivity contribution in [3.63, 3.8) is 0 Å². The van der Waals surface area contributed by atoms with Crippen molar-refractivity contribution >= 4 is 43.6 Å². The lowest BCUT2D eigenvalue weighted by atomic mass is 9.75. The Kier molecular flexibility index (Phi) is 15.9. The van der Waals surface area contributed by atoms with Crippen LogP contribution in [-0.2, 0) is 10.8 Å². The van der Waals surface area contributed by atoms with E-state index >= 15 is 0 Å². The monoisotopic (exact) mass is 1500 g/mol. The lowest BCUT2D eigenvalue weighted by Crippen LogP contribution is -2.18. The maximum absolute atomic E-state index is 2.51. The fraction of sp³-hybridized carbons (Fsp3) is 0.0690. The van der Waals surface area contributed by atoms with Gasteiger partial charge in [-0.3, -0.25) is 0 Å². The van der Waals surface area contributed by atoms with Gasteiger partial charge in [0.05, 0.1) is 22.1 Å². The summed E-state index contributed by atoms with van der Waals surface area (Å²) in [6.45, 7) is 9.59. The van der Waals surface area contributed by atoms with Gasteiger partial charge in [-0.15, -0.1) is 0 Å². The van der Waals surface area contributed by atoms with Crippen molar-refractivity contribution in [3.8, 4) is 123 Å². The van der Waals surface area contributed by atoms with Crippen LogP contribution in [0.3, 0.4) is 0 Å². The molecule has 4 aliphatic carbocycles. The smallest absolute Gasteiger partial charge is 0.0622 e. The van der Waals surface area contributed by atoms with Crippen molar-refractivity contribution in [2.24, 2.45) is 0 Å². The number of hydrogen-bond donors (Lipinski definition) is 0. The lowest BCUT2D eigenvalue weighted by molar-refractivity contribution is 0.650. The molecule has 18 aromatic carbocycles. The van der Waals surface area contributed by atoms with Gasteiger partial charge in [0, 0.05) is 61.1 Å². The molecule has 2 atom stereocenters. The molecule has 2 aromatic heterocycles. The van der Waals surface area contributed by atoms with Crippen LogP contribution in [0.4, 0.5) is 0 Å². The summed E-state index contributed by atoms with van der Waals surface area (Å²) in [7, 11) is 0. The van der Waals surface area contributed by atoms with Gasteiger partial charge in [-0.25, -0.2) is 0 Å². The van der Waals surface area contributed by atoms with Crippen molar-refractivity contribution in [2.75, 3.05) is 0 Å². The molecule has 0 spiro atoms. The van der Waals surface area contributed by atoms with Crippen molar-refractivity contribution < 1.29 is 0 Å². The first-order valence-corrected chi connectivity index (χ1v) is 41.6. The second-order valence-electron chi connectivity index (χ2n) is 33.7. The molecule has 0 radical (unpaired) electrons. The topological polar surface area (TPSA) is 9.86 Å². The Labute approximate surface area is 689 Å². The molecule has 0 N–H and O–H groups in total. The normalized spacial score (nSPS) is 14.6. The second kappa shape index (κ2) is 27.1. The summed E-state index contributed by atoms with van der Waals surface area (Å²) < 4.78 is 4.92. The Morgan fingerprint density at radius 2 is 0.593 bits per heavy atom. The van der Waals surface area contributed by atoms with Crippen molar-refractivity contribution in [1.82, 2.24) is 9.13 Å². The predicted octanol–water partition coefficient (Wildman–Crippen LogP) is 30.5. The van der Waals surface area contributed by atoms with Gasteiger partial charge in [0.15, 0.2) is 0 Å². The number of benzene rings is 18. The maximum atomic E-state index is 2.51. The van der Waals surface area contributed by atoms with E-state index in [1.165, 1.54) is 216 Å². The van der Waals surface area contributed by atoms with Crippen molar-refractivity contribution in [1.29, 1.82) is 0 Å². The van der Waals surface area contributed by atoms with E-state index in [2.05, 4.69) is 449 Å². The summed E-state index contributed by atoms with van der Waals surface area (Å²) >= 11 is 0. The third-order valence-corrected chi connectivity index (χ3v) is 26.6. The standard InChI is InChI=1S/C59H42.C57H40N2/c1-59(2)54-20-12-11-18-46(54)51-34-33-50-53-36-44(30-32-49(53)56(57(50)58(51)59)42-27-23-40(24-28-42)38-15-7-4-8-16-38)43-29-31-48-52(35-43)45-17-9-10-19-47(45)55(48)41-25-21-39(22-26-41)37-13-5-3-6-14-37;1-57(2)50-19-11-9-18-47(50)55-51(57)32-31-46-49-36-42(26-34-54(49)59(56(46)55)44-29-23-40(24-30-44)38-15-7-4-8-16-38)41-25-33-53-48(35-41)45-17-10-12-20-52(45)58(53)43-27-21-39(22-28-43)37-13-5-3-6-14-37/h3-36,55-56H,1-2H3;3-36H,1-2H3. The molecule has 2 unspecified atom stereocenters. The summed E-state index contributed by atoms with van der Waals surface area (Å²) in [5.41, 5.74) is 46.6. The Morgan fingerprint density at radius 3 is 1.16 bits per heavy atom. The third kappa shape index (κ3) is 10.9. The zero-order chi connectivity index (χ0) is 78.5. The minimum absolute atomic E-state index is 0.0950. The molecule has 2 nitrogen and oxygen atoms in total. The average molecular weight is 1500 g/mol. The predicted molar refractivity (Wildman–Crippen MR) is 495 cm³/mol. The quantitative estimate of drug-likeness (QED) is 0.129. The molecule has 2 heterocycles. The molecule has 0 bridgehead atoms. The van der Waals surface area contributed by atoms with Gasteiger partial charge in [-0.1, -0.05) is 373 Å². The Morgan fingerprint density at radius 1 is 0.212 bits per heavy atom. The molecule has 0 fully saturated rings. The SMILES string of the molecule is CC1(C)c2ccccc2-c2c1ccc1c3cc(-c4ccc5c(c4)c4ccccc4n5-c4ccc(-c5ccccc5)cc4)ccc3n(-c3ccc(-c4ccccc4)cc3)c21.CC1(C)c2ccccc2-c2ccc3c(c21)C(c1ccc(-c2ccccc2)cc1)c1ccc(-c2ccc4c(c2)-c2ccccc2C4c2ccc(-c4ccccc4)cc2)cc1-3. The molecule has 24 rings (SSSR count). The van der Waals surface area contributed by atoms with Gasteiger partial charge in [-0.2, -0.15) is 0 Å². The number of hydrogen-bond acceptors (Lipinski definition) is 0. The molecule has 0 amide bonds. The van der Waals surface area contributed by atoms with E-state index < -0.39 is 0 Å². The largest absolute Gasteiger partial charge is 0.309 e. The zero-order valence-electron chi connectivity index (χ0n) is 66.3. The molecule has 556 valence electrons. The number of para-hydroxylation sites is 1. The van der Waals surface area contributed by atoms with E-state index in [0.717, 1.165) is 5.69 Å². The number of aromatic nitrogens is 2. The third-order valence-electron chi connectivity index (χ3n) is 26.6. The Balaban J connectivity index is 0.000000138. The van der Waals surface area contributed by atoms with E-state index in [1.807, 2.05) is 0 Å². The van der Waals surface area contributed by atoms with Gasteiger partial charge in [-0.05, 0) is 228 Å². The van der Waals surface area contributed by atoms with Gasteiger partial charge in [0.2, 0.25) is 0 Å². The molecule has 4 aliphatic rings. The summed E-state index contributed by atoms with van der Waals surface area (Å²) in [4.78, 5) is 0. The maximum Gasteiger partial charge on any atom is 0.0622 e. The van der Waals surface area contributed by atoms with Gasteiger partial charge >= 0.3 is 0 Å². The van der Waals surface area contributed by atoms with E-state index in [-0.39, 0.29) is 22.7 Å². The molecule has 0 aliphatic heterocycles. The highest BCUT2D eigenvalue weighted by Crippen LogP contribution is 2.60. The molecule has 20 aromatic rings. The highest BCUT2D eigenvalue weighted by molar-refractivity contribution is 6.17. The Hall–Kier alpha value is -14.4. The van der Waals surface area contributed by atoms with Crippen molar-refractivity contribution in [3.05, 3.63) is 468 Å². The molecular weight excluding hydrogens is 1420 g/mol. The molecule has 0 saturated heterocycles. The van der Waals surface area contributed by atoms with Crippen LogP contribution >= 0.6 is 0 Å². The number of nitrogens with zero attached hydrogens (tertiary/aromatic N) is 2. The highest BCUT2D eigenvalue weighted by atomic mass is 15.0. The molecular formula is C116H82N2. The summed E-state index contributed by atoms with van der Waals surface area (Å²) in [6, 6.07) is 153. The van der Waals surface area contributed by atoms with E-state index in [0.29, 0.717) is 0 Å². The zero-order valence-corrected chi connectivity index (χ0v) is 66.3. The first-order chi connectivity index (χ1) is 58.1. The Bertz CT molecular complexity index is 7410. The van der Waals surface area contributed by atoms with Gasteiger partial charge in [0.25, 0.3) is 0 Å². The molecule has 2 heteroatoms. The first kappa shape index (κ1) is 69.1.